The molecule has 1 N–H and O–H groups in total. The van der Waals surface area contributed by atoms with Crippen molar-refractivity contribution in [1.29, 1.82) is 0 Å². The zero-order chi connectivity index (χ0) is 16.3. The second-order valence-corrected chi connectivity index (χ2v) is 8.27. The van der Waals surface area contributed by atoms with E-state index in [2.05, 4.69) is 12.2 Å². The van der Waals surface area contributed by atoms with E-state index in [0.29, 0.717) is 17.1 Å². The van der Waals surface area contributed by atoms with Crippen molar-refractivity contribution in [2.24, 2.45) is 0 Å². The van der Waals surface area contributed by atoms with E-state index in [1.807, 2.05) is 6.07 Å². The van der Waals surface area contributed by atoms with Gasteiger partial charge in [0, 0.05) is 18.3 Å². The molecule has 0 saturated carbocycles. The molecule has 0 radical (unpaired) electrons. The Hall–Kier alpha value is -1.60. The van der Waals surface area contributed by atoms with Gasteiger partial charge in [-0.3, -0.25) is 9.10 Å². The molecule has 0 aliphatic carbocycles. The molecule has 0 fully saturated rings. The fraction of sp³-hybridized carbons (Fsp3) is 0.400. The van der Waals surface area contributed by atoms with Crippen molar-refractivity contribution in [2.75, 3.05) is 24.2 Å². The van der Waals surface area contributed by atoms with Crippen LogP contribution in [0.4, 0.5) is 5.69 Å². The summed E-state index contributed by atoms with van der Waals surface area (Å²) in [7, 11) is -1.78. The Morgan fingerprint density at radius 3 is 2.68 bits per heavy atom. The molecule has 0 aliphatic rings. The number of sulfonamides is 1. The highest BCUT2D eigenvalue weighted by Gasteiger charge is 2.14. The number of nitrogens with one attached hydrogen (secondary N) is 1. The number of anilines is 1. The maximum atomic E-state index is 12.1. The second-order valence-electron chi connectivity index (χ2n) is 5.17. The van der Waals surface area contributed by atoms with Crippen LogP contribution in [0, 0.1) is 0 Å². The van der Waals surface area contributed by atoms with Crippen LogP contribution in [0.2, 0.25) is 0 Å². The average molecular weight is 340 g/mol. The molecule has 0 unspecified atom stereocenters. The second kappa shape index (κ2) is 6.66. The smallest absolute Gasteiger partial charge is 0.261 e. The first-order valence-corrected chi connectivity index (χ1v) is 9.75. The molecule has 2 aromatic rings. The highest BCUT2D eigenvalue weighted by molar-refractivity contribution is 7.92. The number of nitrogens with zero attached hydrogens (tertiary/aromatic N) is 1. The summed E-state index contributed by atoms with van der Waals surface area (Å²) in [4.78, 5) is 12.7. The Kier molecular flexibility index (Phi) is 5.08. The predicted octanol–water partition coefficient (Wildman–Crippen LogP) is 2.83. The van der Waals surface area contributed by atoms with E-state index >= 15 is 0 Å². The molecule has 0 aliphatic heterocycles. The number of benzene rings is 1. The number of rotatable bonds is 6. The van der Waals surface area contributed by atoms with Crippen LogP contribution in [-0.4, -0.2) is 34.2 Å². The van der Waals surface area contributed by atoms with Crippen LogP contribution in [-0.2, 0) is 10.0 Å². The summed E-state index contributed by atoms with van der Waals surface area (Å²) in [6.07, 6.45) is 3.16. The molecule has 22 heavy (non-hydrogen) atoms. The molecule has 0 saturated heterocycles. The highest BCUT2D eigenvalue weighted by Crippen LogP contribution is 2.29. The van der Waals surface area contributed by atoms with Crippen LogP contribution < -0.4 is 9.62 Å². The summed E-state index contributed by atoms with van der Waals surface area (Å²) in [5.41, 5.74) is 0.589. The normalized spacial score (nSPS) is 11.6. The number of thiophene rings is 1. The first kappa shape index (κ1) is 16.8. The number of hydrogen-bond acceptors (Lipinski definition) is 4. The highest BCUT2D eigenvalue weighted by atomic mass is 32.2. The Labute approximate surface area is 135 Å². The van der Waals surface area contributed by atoms with Gasteiger partial charge in [0.15, 0.2) is 0 Å². The van der Waals surface area contributed by atoms with Gasteiger partial charge >= 0.3 is 0 Å². The SMILES string of the molecule is CCCCNC(=O)c1cc2cc(N(C)S(C)(=O)=O)ccc2s1. The Morgan fingerprint density at radius 2 is 2.05 bits per heavy atom. The van der Waals surface area contributed by atoms with Crippen molar-refractivity contribution in [3.05, 3.63) is 29.1 Å². The van der Waals surface area contributed by atoms with Crippen LogP contribution in [0.3, 0.4) is 0 Å². The quantitative estimate of drug-likeness (QED) is 0.822. The minimum atomic E-state index is -3.29. The van der Waals surface area contributed by atoms with Gasteiger partial charge in [-0.05, 0) is 36.1 Å². The fourth-order valence-corrected chi connectivity index (χ4v) is 3.45. The van der Waals surface area contributed by atoms with Gasteiger partial charge in [-0.2, -0.15) is 0 Å². The van der Waals surface area contributed by atoms with Crippen LogP contribution in [0.5, 0.6) is 0 Å². The lowest BCUT2D eigenvalue weighted by molar-refractivity contribution is 0.0957. The molecule has 1 aromatic carbocycles. The number of carbonyl (C=O) groups is 1. The van der Waals surface area contributed by atoms with Crippen molar-refractivity contribution in [3.8, 4) is 0 Å². The van der Waals surface area contributed by atoms with Gasteiger partial charge in [0.2, 0.25) is 10.0 Å². The zero-order valence-electron chi connectivity index (χ0n) is 12.9. The fourth-order valence-electron chi connectivity index (χ4n) is 2.00. The Balaban J connectivity index is 2.26. The maximum Gasteiger partial charge on any atom is 0.261 e. The van der Waals surface area contributed by atoms with Crippen molar-refractivity contribution < 1.29 is 13.2 Å². The van der Waals surface area contributed by atoms with E-state index in [4.69, 9.17) is 0 Å². The monoisotopic (exact) mass is 340 g/mol. The molecule has 0 spiro atoms. The van der Waals surface area contributed by atoms with Gasteiger partial charge in [-0.1, -0.05) is 13.3 Å². The third-order valence-corrected chi connectivity index (χ3v) is 5.72. The lowest BCUT2D eigenvalue weighted by atomic mass is 10.2. The summed E-state index contributed by atoms with van der Waals surface area (Å²) in [6, 6.07) is 7.19. The molecule has 0 bridgehead atoms. The van der Waals surface area contributed by atoms with E-state index < -0.39 is 10.0 Å². The Morgan fingerprint density at radius 1 is 1.32 bits per heavy atom. The third kappa shape index (κ3) is 3.78. The molecule has 1 aromatic heterocycles. The molecule has 2 rings (SSSR count). The summed E-state index contributed by atoms with van der Waals surface area (Å²) < 4.78 is 25.4. The molecular weight excluding hydrogens is 320 g/mol. The lowest BCUT2D eigenvalue weighted by Crippen LogP contribution is -2.24. The zero-order valence-corrected chi connectivity index (χ0v) is 14.6. The minimum absolute atomic E-state index is 0.0762. The number of unbranched alkanes of at least 4 members (excludes halogenated alkanes) is 1. The van der Waals surface area contributed by atoms with Crippen LogP contribution in [0.25, 0.3) is 10.1 Å². The van der Waals surface area contributed by atoms with Gasteiger partial charge in [0.25, 0.3) is 5.91 Å². The average Bonchev–Trinajstić information content (AvgIpc) is 2.88. The molecule has 120 valence electrons. The lowest BCUT2D eigenvalue weighted by Gasteiger charge is -2.16. The largest absolute Gasteiger partial charge is 0.351 e. The van der Waals surface area contributed by atoms with E-state index in [9.17, 15) is 13.2 Å². The van der Waals surface area contributed by atoms with Gasteiger partial charge in [-0.25, -0.2) is 8.42 Å². The van der Waals surface area contributed by atoms with E-state index in [-0.39, 0.29) is 5.91 Å². The molecule has 5 nitrogen and oxygen atoms in total. The number of amides is 1. The number of hydrogen-bond donors (Lipinski definition) is 1. The third-order valence-electron chi connectivity index (χ3n) is 3.40. The van der Waals surface area contributed by atoms with Crippen molar-refractivity contribution in [2.45, 2.75) is 19.8 Å². The van der Waals surface area contributed by atoms with Crippen molar-refractivity contribution in [1.82, 2.24) is 5.32 Å². The van der Waals surface area contributed by atoms with Crippen molar-refractivity contribution in [3.63, 3.8) is 0 Å². The van der Waals surface area contributed by atoms with Gasteiger partial charge in [0.05, 0.1) is 16.8 Å². The molecular formula is C15H20N2O3S2. The molecule has 7 heteroatoms. The minimum Gasteiger partial charge on any atom is -0.351 e. The summed E-state index contributed by atoms with van der Waals surface area (Å²) in [5, 5.41) is 3.76. The molecule has 0 atom stereocenters. The maximum absolute atomic E-state index is 12.1. The van der Waals surface area contributed by atoms with E-state index in [1.54, 1.807) is 18.2 Å². The van der Waals surface area contributed by atoms with Gasteiger partial charge < -0.3 is 5.32 Å². The summed E-state index contributed by atoms with van der Waals surface area (Å²) in [6.45, 7) is 2.75. The van der Waals surface area contributed by atoms with Crippen LogP contribution in [0.15, 0.2) is 24.3 Å². The topological polar surface area (TPSA) is 66.5 Å². The first-order chi connectivity index (χ1) is 10.3. The van der Waals surface area contributed by atoms with E-state index in [1.165, 1.54) is 22.7 Å². The van der Waals surface area contributed by atoms with Crippen molar-refractivity contribution >= 4 is 43.0 Å². The van der Waals surface area contributed by atoms with Gasteiger partial charge in [-0.15, -0.1) is 11.3 Å². The number of fused-ring (bicyclic) bond motifs is 1. The standard InChI is InChI=1S/C15H20N2O3S2/c1-4-5-8-16-15(18)14-10-11-9-12(6-7-13(11)21-14)17(2)22(3,19)20/h6-7,9-10H,4-5,8H2,1-3H3,(H,16,18). The summed E-state index contributed by atoms with van der Waals surface area (Å²) in [5.74, 6) is -0.0762. The predicted molar refractivity (Wildman–Crippen MR) is 92.3 cm³/mol. The van der Waals surface area contributed by atoms with Crippen LogP contribution >= 0.6 is 11.3 Å². The van der Waals surface area contributed by atoms with Crippen LogP contribution in [0.1, 0.15) is 29.4 Å². The molecule has 1 heterocycles. The first-order valence-electron chi connectivity index (χ1n) is 7.08. The van der Waals surface area contributed by atoms with Gasteiger partial charge in [0.1, 0.15) is 0 Å². The Bertz CT molecular complexity index is 781. The van der Waals surface area contributed by atoms with E-state index in [0.717, 1.165) is 29.2 Å². The summed E-state index contributed by atoms with van der Waals surface area (Å²) >= 11 is 1.41. The molecule has 1 amide bonds. The number of carbonyl (C=O) groups excluding carboxylic acids is 1.